The Bertz CT molecular complexity index is 1960. The van der Waals surface area contributed by atoms with Crippen LogP contribution in [0.2, 0.25) is 0 Å². The van der Waals surface area contributed by atoms with Gasteiger partial charge in [0.05, 0.1) is 18.4 Å². The molecule has 1 saturated heterocycles. The molecule has 1 aromatic carbocycles. The first kappa shape index (κ1) is 40.3. The highest BCUT2D eigenvalue weighted by atomic mass is 32.2. The molecule has 1 aromatic heterocycles. The smallest absolute Gasteiger partial charge is 0.408 e. The van der Waals surface area contributed by atoms with Crippen molar-refractivity contribution in [3.8, 4) is 11.6 Å². The second-order valence-corrected chi connectivity index (χ2v) is 19.2. The molecule has 55 heavy (non-hydrogen) atoms. The Morgan fingerprint density at radius 3 is 2.55 bits per heavy atom. The van der Waals surface area contributed by atoms with Gasteiger partial charge >= 0.3 is 6.09 Å². The summed E-state index contributed by atoms with van der Waals surface area (Å²) in [7, 11) is -2.42. The van der Waals surface area contributed by atoms with Gasteiger partial charge in [-0.05, 0) is 108 Å². The number of hydrogen-bond donors (Lipinski definition) is 3. The van der Waals surface area contributed by atoms with Gasteiger partial charge in [0.2, 0.25) is 27.7 Å². The average molecular weight is 782 g/mol. The van der Waals surface area contributed by atoms with Crippen LogP contribution in [-0.2, 0) is 29.1 Å². The summed E-state index contributed by atoms with van der Waals surface area (Å²) >= 11 is 0. The van der Waals surface area contributed by atoms with E-state index in [4.69, 9.17) is 14.2 Å². The molecule has 0 radical (unpaired) electrons. The summed E-state index contributed by atoms with van der Waals surface area (Å²) in [4.78, 5) is 62.6. The van der Waals surface area contributed by atoms with Gasteiger partial charge in [0.15, 0.2) is 0 Å². The standard InChI is InChI=1S/C40H55N5O9S/c1-8-25-19-24(2)11-9-10-12-27-22-40(27,36(48)44-55(50,51)39(6)16-17-39)43-33(46)31-21-29(23-45(31)35(47)32(25)42-37(49)54-38(3,4)5)53-34-30-14-13-28(52-7)20-26(30)15-18-41-34/h10,12-15,18,20,24-25,27,29,31-32H,8-9,11,16-17,19,21-23H2,1-7H3,(H,42,49)(H,43,46)(H,44,48)/b12-10-/t24-,25-,27-,29-,31+,32+,40-/m1/s1. The van der Waals surface area contributed by atoms with Gasteiger partial charge in [-0.2, -0.15) is 0 Å². The molecule has 0 bridgehead atoms. The Hall–Kier alpha value is -4.40. The summed E-state index contributed by atoms with van der Waals surface area (Å²) in [6.07, 6.45) is 7.78. The molecule has 2 aliphatic heterocycles. The highest BCUT2D eigenvalue weighted by Gasteiger charge is 2.63. The molecule has 4 aliphatic rings. The van der Waals surface area contributed by atoms with Gasteiger partial charge in [0.1, 0.15) is 35.1 Å². The Morgan fingerprint density at radius 1 is 1.13 bits per heavy atom. The van der Waals surface area contributed by atoms with E-state index >= 15 is 0 Å². The lowest BCUT2D eigenvalue weighted by molar-refractivity contribution is -0.142. The van der Waals surface area contributed by atoms with Crippen molar-refractivity contribution in [3.63, 3.8) is 0 Å². The van der Waals surface area contributed by atoms with Gasteiger partial charge < -0.3 is 29.7 Å². The van der Waals surface area contributed by atoms with Crippen molar-refractivity contribution in [1.29, 1.82) is 0 Å². The zero-order valence-corrected chi connectivity index (χ0v) is 33.7. The zero-order chi connectivity index (χ0) is 39.9. The number of nitrogens with one attached hydrogen (secondary N) is 3. The number of carbonyl (C=O) groups is 4. The minimum absolute atomic E-state index is 0.0150. The first-order valence-electron chi connectivity index (χ1n) is 19.3. The number of allylic oxidation sites excluding steroid dienone is 1. The van der Waals surface area contributed by atoms with Crippen molar-refractivity contribution in [2.24, 2.45) is 17.8 Å². The lowest BCUT2D eigenvalue weighted by atomic mass is 9.85. The molecule has 3 heterocycles. The van der Waals surface area contributed by atoms with Crippen LogP contribution in [0.3, 0.4) is 0 Å². The summed E-state index contributed by atoms with van der Waals surface area (Å²) in [5.41, 5.74) is -2.35. The molecule has 0 unspecified atom stereocenters. The average Bonchev–Trinajstić information content (AvgIpc) is 4.00. The molecule has 14 nitrogen and oxygen atoms in total. The predicted octanol–water partition coefficient (Wildman–Crippen LogP) is 4.76. The summed E-state index contributed by atoms with van der Waals surface area (Å²) in [6, 6.07) is 5.15. The second-order valence-electron chi connectivity index (χ2n) is 17.0. The molecule has 7 atom stereocenters. The number of hydrogen-bond acceptors (Lipinski definition) is 10. The maximum absolute atomic E-state index is 14.9. The van der Waals surface area contributed by atoms with E-state index in [0.717, 1.165) is 11.8 Å². The maximum atomic E-state index is 14.9. The molecule has 4 amide bonds. The van der Waals surface area contributed by atoms with Crippen LogP contribution in [0.25, 0.3) is 10.8 Å². The number of nitrogens with zero attached hydrogens (tertiary/aromatic N) is 2. The lowest BCUT2D eigenvalue weighted by Gasteiger charge is -2.34. The van der Waals surface area contributed by atoms with E-state index in [0.29, 0.717) is 49.1 Å². The minimum Gasteiger partial charge on any atom is -0.497 e. The molecule has 2 aliphatic carbocycles. The van der Waals surface area contributed by atoms with Crippen LogP contribution < -0.4 is 24.8 Å². The van der Waals surface area contributed by atoms with Crippen LogP contribution in [0.15, 0.2) is 42.6 Å². The van der Waals surface area contributed by atoms with Crippen molar-refractivity contribution in [2.45, 2.75) is 127 Å². The van der Waals surface area contributed by atoms with E-state index in [-0.39, 0.29) is 31.2 Å². The highest BCUT2D eigenvalue weighted by Crippen LogP contribution is 2.47. The van der Waals surface area contributed by atoms with Gasteiger partial charge in [-0.25, -0.2) is 18.2 Å². The summed E-state index contributed by atoms with van der Waals surface area (Å²) < 4.78 is 45.1. The normalized spacial score (nSPS) is 30.1. The Kier molecular flexibility index (Phi) is 11.2. The number of amides is 4. The number of rotatable bonds is 8. The van der Waals surface area contributed by atoms with Gasteiger partial charge in [-0.15, -0.1) is 0 Å². The van der Waals surface area contributed by atoms with Crippen LogP contribution in [-0.4, -0.2) is 89.8 Å². The number of aromatic nitrogens is 1. The van der Waals surface area contributed by atoms with Crippen molar-refractivity contribution in [2.75, 3.05) is 13.7 Å². The quantitative estimate of drug-likeness (QED) is 0.316. The van der Waals surface area contributed by atoms with Crippen LogP contribution in [0.1, 0.15) is 92.9 Å². The zero-order valence-electron chi connectivity index (χ0n) is 32.8. The summed E-state index contributed by atoms with van der Waals surface area (Å²) in [5, 5.41) is 7.31. The number of methoxy groups -OCH3 is 1. The fourth-order valence-corrected chi connectivity index (χ4v) is 9.07. The van der Waals surface area contributed by atoms with E-state index < -0.39 is 73.8 Å². The molecule has 2 saturated carbocycles. The second kappa shape index (κ2) is 15.3. The van der Waals surface area contributed by atoms with E-state index in [9.17, 15) is 27.6 Å². The SMILES string of the molecule is CC[C@@H]1C[C@H](C)CC/C=C\[C@@H]2C[C@@]2(C(=O)NS(=O)(=O)C2(C)CC2)NC(=O)[C@@H]2C[C@@H](Oc3nccc4cc(OC)ccc34)CN2C(=O)[C@H]1NC(=O)OC(C)(C)C. The molecule has 15 heteroatoms. The minimum atomic E-state index is -4.00. The molecule has 0 spiro atoms. The third-order valence-electron chi connectivity index (χ3n) is 11.5. The lowest BCUT2D eigenvalue weighted by Crippen LogP contribution is -2.59. The third-order valence-corrected chi connectivity index (χ3v) is 13.7. The van der Waals surface area contributed by atoms with E-state index in [1.54, 1.807) is 47.1 Å². The largest absolute Gasteiger partial charge is 0.497 e. The molecular weight excluding hydrogens is 727 g/mol. The Morgan fingerprint density at radius 2 is 1.87 bits per heavy atom. The van der Waals surface area contributed by atoms with Crippen LogP contribution in [0.5, 0.6) is 11.6 Å². The van der Waals surface area contributed by atoms with Crippen molar-refractivity contribution >= 4 is 44.6 Å². The highest BCUT2D eigenvalue weighted by molar-refractivity contribution is 7.91. The van der Waals surface area contributed by atoms with Gasteiger partial charge in [-0.1, -0.05) is 32.4 Å². The van der Waals surface area contributed by atoms with Crippen LogP contribution in [0.4, 0.5) is 4.79 Å². The summed E-state index contributed by atoms with van der Waals surface area (Å²) in [6.45, 7) is 10.9. The van der Waals surface area contributed by atoms with Gasteiger partial charge in [-0.3, -0.25) is 19.1 Å². The van der Waals surface area contributed by atoms with Crippen molar-refractivity contribution < 1.29 is 41.8 Å². The van der Waals surface area contributed by atoms with Crippen molar-refractivity contribution in [3.05, 3.63) is 42.6 Å². The first-order chi connectivity index (χ1) is 25.9. The molecule has 3 fully saturated rings. The Balaban J connectivity index is 1.36. The maximum Gasteiger partial charge on any atom is 0.408 e. The molecule has 6 rings (SSSR count). The molecule has 3 N–H and O–H groups in total. The predicted molar refractivity (Wildman–Crippen MR) is 206 cm³/mol. The van der Waals surface area contributed by atoms with E-state index in [1.807, 2.05) is 37.3 Å². The van der Waals surface area contributed by atoms with Crippen LogP contribution >= 0.6 is 0 Å². The molecule has 300 valence electrons. The number of sulfonamides is 1. The number of ether oxygens (including phenoxy) is 3. The topological polar surface area (TPSA) is 182 Å². The number of alkyl carbamates (subject to hydrolysis) is 1. The first-order valence-corrected chi connectivity index (χ1v) is 20.8. The number of benzene rings is 1. The number of pyridine rings is 1. The third kappa shape index (κ3) is 8.71. The van der Waals surface area contributed by atoms with Gasteiger partial charge in [0.25, 0.3) is 5.91 Å². The van der Waals surface area contributed by atoms with Gasteiger partial charge in [0, 0.05) is 23.9 Å². The summed E-state index contributed by atoms with van der Waals surface area (Å²) in [5.74, 6) is -1.50. The Labute approximate surface area is 323 Å². The fraction of sp³-hybridized carbons (Fsp3) is 0.625. The van der Waals surface area contributed by atoms with E-state index in [2.05, 4.69) is 27.3 Å². The number of carbonyl (C=O) groups excluding carboxylic acids is 4. The molecule has 2 aromatic rings. The van der Waals surface area contributed by atoms with E-state index in [1.165, 1.54) is 4.90 Å². The van der Waals surface area contributed by atoms with Crippen LogP contribution in [0, 0.1) is 17.8 Å². The van der Waals surface area contributed by atoms with Crippen molar-refractivity contribution in [1.82, 2.24) is 25.2 Å². The molecular formula is C40H55N5O9S. The fourth-order valence-electron chi connectivity index (χ4n) is 7.76. The monoisotopic (exact) mass is 781 g/mol. The number of fused-ring (bicyclic) bond motifs is 3.